The molecule has 0 N–H and O–H groups in total. The molecular weight excluding hydrogens is 494 g/mol. The lowest BCUT2D eigenvalue weighted by Crippen LogP contribution is -2.72. The van der Waals surface area contributed by atoms with Crippen LogP contribution >= 0.6 is 0 Å². The van der Waals surface area contributed by atoms with Gasteiger partial charge in [0, 0.05) is 17.9 Å². The number of rotatable bonds is 22. The SMILES string of the molecule is CCCCCCCCOC1(OCCCCCCCC)CC(C)(CC)N(OCCc2ccccc2)C(C)(CC)C1C. The zero-order valence-corrected chi connectivity index (χ0v) is 27.6. The predicted molar refractivity (Wildman–Crippen MR) is 170 cm³/mol. The van der Waals surface area contributed by atoms with E-state index < -0.39 is 5.79 Å². The molecule has 0 spiro atoms. The Morgan fingerprint density at radius 3 is 1.73 bits per heavy atom. The van der Waals surface area contributed by atoms with E-state index in [4.69, 9.17) is 14.3 Å². The summed E-state index contributed by atoms with van der Waals surface area (Å²) in [5.74, 6) is -0.400. The molecule has 1 fully saturated rings. The highest BCUT2D eigenvalue weighted by Gasteiger charge is 2.61. The largest absolute Gasteiger partial charge is 0.349 e. The maximum absolute atomic E-state index is 6.95. The maximum atomic E-state index is 6.95. The number of hydrogen-bond acceptors (Lipinski definition) is 4. The normalized spacial score (nSPS) is 24.9. The number of hydroxylamine groups is 2. The molecule has 2 rings (SSSR count). The van der Waals surface area contributed by atoms with E-state index in [0.29, 0.717) is 6.61 Å². The summed E-state index contributed by atoms with van der Waals surface area (Å²) >= 11 is 0. The van der Waals surface area contributed by atoms with E-state index in [1.807, 2.05) is 0 Å². The van der Waals surface area contributed by atoms with Gasteiger partial charge in [-0.2, -0.15) is 5.06 Å². The van der Waals surface area contributed by atoms with Crippen LogP contribution < -0.4 is 0 Å². The van der Waals surface area contributed by atoms with E-state index >= 15 is 0 Å². The van der Waals surface area contributed by atoms with Gasteiger partial charge in [0.15, 0.2) is 5.79 Å². The van der Waals surface area contributed by atoms with Crippen LogP contribution in [-0.4, -0.2) is 41.7 Å². The van der Waals surface area contributed by atoms with Gasteiger partial charge in [-0.15, -0.1) is 0 Å². The van der Waals surface area contributed by atoms with Crippen molar-refractivity contribution < 1.29 is 14.3 Å². The van der Waals surface area contributed by atoms with Crippen molar-refractivity contribution in [2.24, 2.45) is 5.92 Å². The van der Waals surface area contributed by atoms with E-state index in [1.165, 1.54) is 69.8 Å². The molecular formula is C36H65NO3. The molecule has 0 amide bonds. The third-order valence-electron chi connectivity index (χ3n) is 9.79. The third-order valence-corrected chi connectivity index (χ3v) is 9.79. The van der Waals surface area contributed by atoms with Crippen molar-refractivity contribution in [1.29, 1.82) is 0 Å². The van der Waals surface area contributed by atoms with E-state index in [0.717, 1.165) is 51.7 Å². The van der Waals surface area contributed by atoms with Gasteiger partial charge in [-0.1, -0.05) is 129 Å². The van der Waals surface area contributed by atoms with Gasteiger partial charge in [-0.25, -0.2) is 0 Å². The lowest BCUT2D eigenvalue weighted by Gasteiger charge is -2.62. The fourth-order valence-electron chi connectivity index (χ4n) is 6.59. The molecule has 1 heterocycles. The summed E-state index contributed by atoms with van der Waals surface area (Å²) in [6, 6.07) is 10.7. The highest BCUT2D eigenvalue weighted by molar-refractivity contribution is 5.14. The highest BCUT2D eigenvalue weighted by atomic mass is 16.7. The zero-order chi connectivity index (χ0) is 29.3. The first-order valence-corrected chi connectivity index (χ1v) is 17.1. The fraction of sp³-hybridized carbons (Fsp3) is 0.833. The number of ether oxygens (including phenoxy) is 2. The first-order valence-electron chi connectivity index (χ1n) is 17.1. The average Bonchev–Trinajstić information content (AvgIpc) is 2.97. The van der Waals surface area contributed by atoms with Crippen molar-refractivity contribution in [3.63, 3.8) is 0 Å². The minimum absolute atomic E-state index is 0.170. The van der Waals surface area contributed by atoms with Crippen LogP contribution in [0.5, 0.6) is 0 Å². The minimum Gasteiger partial charge on any atom is -0.349 e. The van der Waals surface area contributed by atoms with Crippen LogP contribution in [0.3, 0.4) is 0 Å². The van der Waals surface area contributed by atoms with Crippen LogP contribution in [-0.2, 0) is 20.7 Å². The number of unbranched alkanes of at least 4 members (excludes halogenated alkanes) is 10. The maximum Gasteiger partial charge on any atom is 0.174 e. The molecule has 40 heavy (non-hydrogen) atoms. The van der Waals surface area contributed by atoms with Crippen LogP contribution in [0.25, 0.3) is 0 Å². The molecule has 232 valence electrons. The van der Waals surface area contributed by atoms with Crippen LogP contribution in [0.2, 0.25) is 0 Å². The van der Waals surface area contributed by atoms with Crippen molar-refractivity contribution in [3.8, 4) is 0 Å². The quantitative estimate of drug-likeness (QED) is 0.104. The van der Waals surface area contributed by atoms with Crippen LogP contribution in [0, 0.1) is 5.92 Å². The molecule has 0 bridgehead atoms. The second-order valence-corrected chi connectivity index (χ2v) is 12.9. The summed E-state index contributed by atoms with van der Waals surface area (Å²) < 4.78 is 13.9. The molecule has 4 heteroatoms. The monoisotopic (exact) mass is 559 g/mol. The Hall–Kier alpha value is -0.940. The summed E-state index contributed by atoms with van der Waals surface area (Å²) in [7, 11) is 0. The van der Waals surface area contributed by atoms with Gasteiger partial charge < -0.3 is 9.47 Å². The average molecular weight is 560 g/mol. The summed E-state index contributed by atoms with van der Waals surface area (Å²) in [5.41, 5.74) is 0.959. The Balaban J connectivity index is 2.17. The molecule has 0 radical (unpaired) electrons. The zero-order valence-electron chi connectivity index (χ0n) is 27.6. The summed E-state index contributed by atoms with van der Waals surface area (Å²) in [5, 5.41) is 2.37. The minimum atomic E-state index is -0.582. The molecule has 1 saturated heterocycles. The first kappa shape index (κ1) is 35.3. The predicted octanol–water partition coefficient (Wildman–Crippen LogP) is 10.3. The Morgan fingerprint density at radius 2 is 1.23 bits per heavy atom. The molecule has 1 aromatic rings. The van der Waals surface area contributed by atoms with Crippen molar-refractivity contribution in [2.75, 3.05) is 19.8 Å². The molecule has 1 aromatic carbocycles. The second kappa shape index (κ2) is 18.6. The fourth-order valence-corrected chi connectivity index (χ4v) is 6.59. The number of hydrogen-bond donors (Lipinski definition) is 0. The highest BCUT2D eigenvalue weighted by Crippen LogP contribution is 2.52. The molecule has 1 aliphatic rings. The summed E-state index contributed by atoms with van der Waals surface area (Å²) in [6.45, 7) is 18.5. The topological polar surface area (TPSA) is 30.9 Å². The standard InChI is InChI=1S/C36H65NO3/c1-8-12-14-16-18-23-28-38-36(39-29-24-19-17-15-13-9-2)31-34(6,10-3)37(35(7,11-4)32(36)5)40-30-27-33-25-21-20-22-26-33/h20-22,25-26,32H,8-19,23-24,27-31H2,1-7H3. The Morgan fingerprint density at radius 1 is 0.700 bits per heavy atom. The van der Waals surface area contributed by atoms with E-state index in [1.54, 1.807) is 0 Å². The molecule has 4 nitrogen and oxygen atoms in total. The van der Waals surface area contributed by atoms with Crippen LogP contribution in [0.15, 0.2) is 30.3 Å². The van der Waals surface area contributed by atoms with Crippen LogP contribution in [0.1, 0.15) is 150 Å². The van der Waals surface area contributed by atoms with Gasteiger partial charge in [0.1, 0.15) is 0 Å². The third kappa shape index (κ3) is 10.1. The lowest BCUT2D eigenvalue weighted by molar-refractivity contribution is -0.387. The Labute approximate surface area is 248 Å². The van der Waals surface area contributed by atoms with Gasteiger partial charge in [0.25, 0.3) is 0 Å². The van der Waals surface area contributed by atoms with Crippen molar-refractivity contribution in [3.05, 3.63) is 35.9 Å². The van der Waals surface area contributed by atoms with Crippen LogP contribution in [0.4, 0.5) is 0 Å². The van der Waals surface area contributed by atoms with Crippen molar-refractivity contribution in [2.45, 2.75) is 168 Å². The number of benzene rings is 1. The van der Waals surface area contributed by atoms with Gasteiger partial charge in [-0.3, -0.25) is 4.84 Å². The molecule has 3 atom stereocenters. The number of piperidine rings is 1. The van der Waals surface area contributed by atoms with E-state index in [-0.39, 0.29) is 17.0 Å². The smallest absolute Gasteiger partial charge is 0.174 e. The van der Waals surface area contributed by atoms with Gasteiger partial charge in [-0.05, 0) is 51.5 Å². The van der Waals surface area contributed by atoms with Crippen molar-refractivity contribution >= 4 is 0 Å². The van der Waals surface area contributed by atoms with Gasteiger partial charge in [0.05, 0.1) is 25.4 Å². The van der Waals surface area contributed by atoms with E-state index in [2.05, 4.69) is 83.9 Å². The summed E-state index contributed by atoms with van der Waals surface area (Å²) in [4.78, 5) is 6.75. The summed E-state index contributed by atoms with van der Waals surface area (Å²) in [6.07, 6.45) is 19.0. The lowest BCUT2D eigenvalue weighted by atomic mass is 9.67. The molecule has 1 aliphatic heterocycles. The molecule has 0 saturated carbocycles. The van der Waals surface area contributed by atoms with Crippen molar-refractivity contribution in [1.82, 2.24) is 5.06 Å². The van der Waals surface area contributed by atoms with Gasteiger partial charge >= 0.3 is 0 Å². The molecule has 0 aromatic heterocycles. The number of nitrogens with zero attached hydrogens (tertiary/aromatic N) is 1. The molecule has 0 aliphatic carbocycles. The first-order chi connectivity index (χ1) is 19.3. The Bertz CT molecular complexity index is 753. The van der Waals surface area contributed by atoms with E-state index in [9.17, 15) is 0 Å². The molecule has 3 unspecified atom stereocenters. The Kier molecular flexibility index (Phi) is 16.4. The second-order valence-electron chi connectivity index (χ2n) is 12.9. The van der Waals surface area contributed by atoms with Gasteiger partial charge in [0.2, 0.25) is 0 Å².